The van der Waals surface area contributed by atoms with Crippen LogP contribution in [0.5, 0.6) is 0 Å². The summed E-state index contributed by atoms with van der Waals surface area (Å²) in [6, 6.07) is 18.1. The van der Waals surface area contributed by atoms with Crippen LogP contribution in [0.2, 0.25) is 0 Å². The fourth-order valence-electron chi connectivity index (χ4n) is 3.88. The largest absolute Gasteiger partial charge is 0.399 e. The van der Waals surface area contributed by atoms with Crippen LogP contribution < -0.4 is 5.73 Å². The van der Waals surface area contributed by atoms with Gasteiger partial charge in [0.2, 0.25) is 0 Å². The molecule has 4 rings (SSSR count). The lowest BCUT2D eigenvalue weighted by Gasteiger charge is -2.40. The SMILES string of the molecule is CS[C@H]1O[C@@H](c2ccc(C)c(Cc3ccc(-c4cccc(N)c4)s3)c2)[C@H](O)[C@@H](O)[C@@H]1O. The molecule has 164 valence electrons. The third-order valence-electron chi connectivity index (χ3n) is 5.70. The molecule has 0 aliphatic carbocycles. The van der Waals surface area contributed by atoms with Crippen LogP contribution >= 0.6 is 23.1 Å². The molecular weight excluding hydrogens is 430 g/mol. The summed E-state index contributed by atoms with van der Waals surface area (Å²) in [6.45, 7) is 2.06. The number of nitrogens with two attached hydrogens (primary N) is 1. The van der Waals surface area contributed by atoms with E-state index in [1.54, 1.807) is 11.3 Å². The molecule has 31 heavy (non-hydrogen) atoms. The molecule has 7 heteroatoms. The highest BCUT2D eigenvalue weighted by atomic mass is 32.2. The number of hydrogen-bond acceptors (Lipinski definition) is 7. The van der Waals surface area contributed by atoms with Crippen molar-refractivity contribution in [1.29, 1.82) is 0 Å². The van der Waals surface area contributed by atoms with E-state index < -0.39 is 29.9 Å². The molecule has 1 aliphatic heterocycles. The van der Waals surface area contributed by atoms with Gasteiger partial charge in [0.05, 0.1) is 0 Å². The van der Waals surface area contributed by atoms with E-state index in [1.165, 1.54) is 21.5 Å². The molecule has 5 N–H and O–H groups in total. The highest BCUT2D eigenvalue weighted by Gasteiger charge is 2.44. The van der Waals surface area contributed by atoms with Crippen molar-refractivity contribution >= 4 is 28.8 Å². The van der Waals surface area contributed by atoms with Gasteiger partial charge in [-0.3, -0.25) is 0 Å². The standard InChI is InChI=1S/C24H27NO4S2/c1-13-6-7-15(23-21(27)20(26)22(28)24(29-23)30-2)10-16(13)12-18-8-9-19(31-18)14-4-3-5-17(25)11-14/h3-11,20-24,26-28H,12,25H2,1-2H3/t20-,21-,22+,23+,24-/m1/s1. The van der Waals surface area contributed by atoms with E-state index in [1.807, 2.05) is 42.7 Å². The van der Waals surface area contributed by atoms with Crippen molar-refractivity contribution in [2.24, 2.45) is 0 Å². The Balaban J connectivity index is 1.58. The lowest BCUT2D eigenvalue weighted by molar-refractivity contribution is -0.200. The second kappa shape index (κ2) is 9.32. The number of hydrogen-bond donors (Lipinski definition) is 4. The second-order valence-corrected chi connectivity index (χ2v) is 9.99. The number of rotatable bonds is 5. The molecule has 1 aliphatic rings. The Bertz CT molecular complexity index is 1050. The first-order chi connectivity index (χ1) is 14.9. The van der Waals surface area contributed by atoms with Crippen LogP contribution in [0, 0.1) is 6.92 Å². The van der Waals surface area contributed by atoms with Gasteiger partial charge >= 0.3 is 0 Å². The molecule has 0 bridgehead atoms. The minimum atomic E-state index is -1.25. The maximum atomic E-state index is 10.5. The van der Waals surface area contributed by atoms with E-state index in [0.29, 0.717) is 0 Å². The van der Waals surface area contributed by atoms with Crippen molar-refractivity contribution < 1.29 is 20.1 Å². The van der Waals surface area contributed by atoms with Crippen LogP contribution in [0.4, 0.5) is 5.69 Å². The molecule has 0 radical (unpaired) electrons. The van der Waals surface area contributed by atoms with Gasteiger partial charge in [-0.05, 0) is 59.7 Å². The quantitative estimate of drug-likeness (QED) is 0.436. The van der Waals surface area contributed by atoms with Crippen LogP contribution in [0.1, 0.15) is 27.7 Å². The van der Waals surface area contributed by atoms with Crippen molar-refractivity contribution in [2.75, 3.05) is 12.0 Å². The normalized spacial score (nSPS) is 26.2. The van der Waals surface area contributed by atoms with Crippen LogP contribution in [0.25, 0.3) is 10.4 Å². The van der Waals surface area contributed by atoms with Crippen molar-refractivity contribution in [3.8, 4) is 10.4 Å². The van der Waals surface area contributed by atoms with Gasteiger partial charge in [-0.25, -0.2) is 0 Å². The summed E-state index contributed by atoms with van der Waals surface area (Å²) in [5.41, 5.74) is 10.3. The van der Waals surface area contributed by atoms with Crippen molar-refractivity contribution in [2.45, 2.75) is 43.2 Å². The minimum Gasteiger partial charge on any atom is -0.399 e. The first-order valence-corrected chi connectivity index (χ1v) is 12.2. The number of aryl methyl sites for hydroxylation is 1. The van der Waals surface area contributed by atoms with E-state index in [9.17, 15) is 15.3 Å². The smallest absolute Gasteiger partial charge is 0.132 e. The average molecular weight is 458 g/mol. The Labute approximate surface area is 190 Å². The topological polar surface area (TPSA) is 95.9 Å². The Morgan fingerprint density at radius 2 is 1.81 bits per heavy atom. The van der Waals surface area contributed by atoms with E-state index in [2.05, 4.69) is 25.1 Å². The summed E-state index contributed by atoms with van der Waals surface area (Å²) in [5, 5.41) is 30.9. The highest BCUT2D eigenvalue weighted by molar-refractivity contribution is 7.99. The Hall–Kier alpha value is -1.87. The maximum absolute atomic E-state index is 10.5. The molecule has 0 spiro atoms. The van der Waals surface area contributed by atoms with Gasteiger partial charge in [-0.15, -0.1) is 23.1 Å². The summed E-state index contributed by atoms with van der Waals surface area (Å²) in [4.78, 5) is 2.39. The molecule has 0 amide bonds. The molecular formula is C24H27NO4S2. The summed E-state index contributed by atoms with van der Waals surface area (Å²) in [7, 11) is 0. The number of ether oxygens (including phenoxy) is 1. The van der Waals surface area contributed by atoms with Crippen LogP contribution in [0.15, 0.2) is 54.6 Å². The first-order valence-electron chi connectivity index (χ1n) is 10.1. The number of nitrogen functional groups attached to an aromatic ring is 1. The summed E-state index contributed by atoms with van der Waals surface area (Å²) in [6.07, 6.45) is -1.69. The van der Waals surface area contributed by atoms with Crippen LogP contribution in [-0.2, 0) is 11.2 Å². The van der Waals surface area contributed by atoms with Gasteiger partial charge in [0.25, 0.3) is 0 Å². The van der Waals surface area contributed by atoms with E-state index >= 15 is 0 Å². The van der Waals surface area contributed by atoms with Crippen molar-refractivity contribution in [1.82, 2.24) is 0 Å². The fourth-order valence-corrected chi connectivity index (χ4v) is 5.58. The summed E-state index contributed by atoms with van der Waals surface area (Å²) in [5.74, 6) is 0. The van der Waals surface area contributed by atoms with Gasteiger partial charge in [0.1, 0.15) is 29.9 Å². The number of aliphatic hydroxyl groups is 3. The van der Waals surface area contributed by atoms with Gasteiger partial charge < -0.3 is 25.8 Å². The van der Waals surface area contributed by atoms with Gasteiger partial charge in [-0.1, -0.05) is 30.3 Å². The zero-order valence-corrected chi connectivity index (χ0v) is 19.1. The number of thioether (sulfide) groups is 1. The summed E-state index contributed by atoms with van der Waals surface area (Å²) < 4.78 is 5.93. The Morgan fingerprint density at radius 1 is 1.00 bits per heavy atom. The molecule has 1 fully saturated rings. The number of aliphatic hydroxyl groups excluding tert-OH is 3. The van der Waals surface area contributed by atoms with Crippen LogP contribution in [-0.4, -0.2) is 45.3 Å². The van der Waals surface area contributed by atoms with E-state index in [4.69, 9.17) is 10.5 Å². The minimum absolute atomic E-state index is 0.591. The third kappa shape index (κ3) is 4.67. The zero-order valence-electron chi connectivity index (χ0n) is 17.4. The first kappa shape index (κ1) is 22.3. The Kier molecular flexibility index (Phi) is 6.71. The van der Waals surface area contributed by atoms with E-state index in [0.717, 1.165) is 34.4 Å². The molecule has 1 saturated heterocycles. The predicted octanol–water partition coefficient (Wildman–Crippen LogP) is 3.74. The predicted molar refractivity (Wildman–Crippen MR) is 127 cm³/mol. The molecule has 1 aromatic heterocycles. The molecule has 5 atom stereocenters. The second-order valence-electron chi connectivity index (χ2n) is 7.89. The van der Waals surface area contributed by atoms with Gasteiger partial charge in [0.15, 0.2) is 0 Å². The molecule has 2 heterocycles. The van der Waals surface area contributed by atoms with Crippen molar-refractivity contribution in [3.05, 3.63) is 76.2 Å². The third-order valence-corrected chi connectivity index (χ3v) is 7.69. The highest BCUT2D eigenvalue weighted by Crippen LogP contribution is 2.37. The maximum Gasteiger partial charge on any atom is 0.132 e. The molecule has 3 aromatic rings. The number of thiophene rings is 1. The molecule has 2 aromatic carbocycles. The van der Waals surface area contributed by atoms with Gasteiger partial charge in [-0.2, -0.15) is 0 Å². The number of benzene rings is 2. The zero-order chi connectivity index (χ0) is 22.1. The lowest BCUT2D eigenvalue weighted by Crippen LogP contribution is -2.52. The Morgan fingerprint density at radius 3 is 2.55 bits per heavy atom. The molecule has 0 unspecified atom stereocenters. The van der Waals surface area contributed by atoms with Crippen molar-refractivity contribution in [3.63, 3.8) is 0 Å². The number of anilines is 1. The molecule has 0 saturated carbocycles. The average Bonchev–Trinajstić information content (AvgIpc) is 3.23. The fraction of sp³-hybridized carbons (Fsp3) is 0.333. The lowest BCUT2D eigenvalue weighted by atomic mass is 9.92. The van der Waals surface area contributed by atoms with Crippen LogP contribution in [0.3, 0.4) is 0 Å². The van der Waals surface area contributed by atoms with Gasteiger partial charge in [0, 0.05) is 21.9 Å². The summed E-state index contributed by atoms with van der Waals surface area (Å²) >= 11 is 3.05. The monoisotopic (exact) mass is 457 g/mol. The molecule has 5 nitrogen and oxygen atoms in total. The van der Waals surface area contributed by atoms with E-state index in [-0.39, 0.29) is 0 Å².